The molecule has 1 aromatic heterocycles. The Morgan fingerprint density at radius 1 is 1.17 bits per heavy atom. The zero-order chi connectivity index (χ0) is 16.9. The molecule has 0 unspecified atom stereocenters. The molecule has 0 bridgehead atoms. The van der Waals surface area contributed by atoms with Crippen LogP contribution in [0.4, 0.5) is 5.69 Å². The molecular formula is C18H16N4O2. The van der Waals surface area contributed by atoms with Crippen molar-refractivity contribution in [2.45, 2.75) is 0 Å². The van der Waals surface area contributed by atoms with Crippen LogP contribution in [0.3, 0.4) is 0 Å². The number of nitrogens with one attached hydrogen (secondary N) is 3. The first-order valence-corrected chi connectivity index (χ1v) is 7.32. The minimum absolute atomic E-state index is 0.104. The zero-order valence-corrected chi connectivity index (χ0v) is 13.0. The molecule has 0 radical (unpaired) electrons. The van der Waals surface area contributed by atoms with E-state index in [0.29, 0.717) is 23.5 Å². The Bertz CT molecular complexity index is 908. The third-order valence-corrected chi connectivity index (χ3v) is 3.56. The monoisotopic (exact) mass is 320 g/mol. The SMILES string of the molecule is COc1ccccc1-c1cc(NC(=N)NC=O)c2ccccc2n1. The summed E-state index contributed by atoms with van der Waals surface area (Å²) in [5.74, 6) is 0.611. The number of guanidine groups is 1. The van der Waals surface area contributed by atoms with E-state index in [9.17, 15) is 4.79 Å². The second-order valence-electron chi connectivity index (χ2n) is 5.03. The highest BCUT2D eigenvalue weighted by atomic mass is 16.5. The van der Waals surface area contributed by atoms with Gasteiger partial charge in [-0.2, -0.15) is 0 Å². The van der Waals surface area contributed by atoms with E-state index in [1.54, 1.807) is 7.11 Å². The topological polar surface area (TPSA) is 87.1 Å². The number of anilines is 1. The fourth-order valence-corrected chi connectivity index (χ4v) is 2.50. The Morgan fingerprint density at radius 2 is 1.92 bits per heavy atom. The number of fused-ring (bicyclic) bond motifs is 1. The van der Waals surface area contributed by atoms with E-state index in [4.69, 9.17) is 10.1 Å². The number of hydrogen-bond acceptors (Lipinski definition) is 4. The van der Waals surface area contributed by atoms with Crippen LogP contribution >= 0.6 is 0 Å². The smallest absolute Gasteiger partial charge is 0.213 e. The van der Waals surface area contributed by atoms with Crippen LogP contribution in [0.1, 0.15) is 0 Å². The highest BCUT2D eigenvalue weighted by Gasteiger charge is 2.11. The van der Waals surface area contributed by atoms with E-state index >= 15 is 0 Å². The van der Waals surface area contributed by atoms with Crippen molar-refractivity contribution in [2.24, 2.45) is 0 Å². The first-order chi connectivity index (χ1) is 11.7. The van der Waals surface area contributed by atoms with Crippen LogP contribution in [0, 0.1) is 5.41 Å². The van der Waals surface area contributed by atoms with Gasteiger partial charge < -0.3 is 10.1 Å². The molecule has 3 rings (SSSR count). The van der Waals surface area contributed by atoms with E-state index in [0.717, 1.165) is 16.5 Å². The van der Waals surface area contributed by atoms with Gasteiger partial charge in [0.1, 0.15) is 5.75 Å². The van der Waals surface area contributed by atoms with Crippen LogP contribution < -0.4 is 15.4 Å². The average molecular weight is 320 g/mol. The Balaban J connectivity index is 2.16. The van der Waals surface area contributed by atoms with Gasteiger partial charge in [0, 0.05) is 10.9 Å². The van der Waals surface area contributed by atoms with Gasteiger partial charge in [-0.1, -0.05) is 30.3 Å². The molecule has 2 aromatic carbocycles. The first kappa shape index (κ1) is 15.5. The number of methoxy groups -OCH3 is 1. The maximum atomic E-state index is 10.5. The molecule has 6 heteroatoms. The molecule has 6 nitrogen and oxygen atoms in total. The number of hydrogen-bond donors (Lipinski definition) is 3. The number of carbonyl (C=O) groups excluding carboxylic acids is 1. The highest BCUT2D eigenvalue weighted by molar-refractivity contribution is 6.04. The molecular weight excluding hydrogens is 304 g/mol. The summed E-state index contributed by atoms with van der Waals surface area (Å²) < 4.78 is 5.41. The molecule has 0 fully saturated rings. The fourth-order valence-electron chi connectivity index (χ4n) is 2.50. The van der Waals surface area contributed by atoms with Gasteiger partial charge in [0.05, 0.1) is 24.0 Å². The highest BCUT2D eigenvalue weighted by Crippen LogP contribution is 2.33. The minimum atomic E-state index is -0.104. The predicted octanol–water partition coefficient (Wildman–Crippen LogP) is 3.00. The summed E-state index contributed by atoms with van der Waals surface area (Å²) in [6, 6.07) is 17.0. The number of aromatic nitrogens is 1. The number of pyridine rings is 1. The van der Waals surface area contributed by atoms with Crippen molar-refractivity contribution in [3.05, 3.63) is 54.6 Å². The number of carbonyl (C=O) groups is 1. The second kappa shape index (κ2) is 6.78. The molecule has 3 N–H and O–H groups in total. The molecule has 0 aliphatic heterocycles. The van der Waals surface area contributed by atoms with Gasteiger partial charge in [0.25, 0.3) is 0 Å². The van der Waals surface area contributed by atoms with Crippen LogP contribution in [0.5, 0.6) is 5.75 Å². The third-order valence-electron chi connectivity index (χ3n) is 3.56. The normalized spacial score (nSPS) is 10.2. The van der Waals surface area contributed by atoms with Crippen molar-refractivity contribution in [3.63, 3.8) is 0 Å². The maximum absolute atomic E-state index is 10.5. The number of benzene rings is 2. The third kappa shape index (κ3) is 3.03. The minimum Gasteiger partial charge on any atom is -0.496 e. The number of nitrogens with zero attached hydrogens (tertiary/aromatic N) is 1. The summed E-state index contributed by atoms with van der Waals surface area (Å²) in [4.78, 5) is 15.2. The summed E-state index contributed by atoms with van der Waals surface area (Å²) in [5.41, 5.74) is 3.03. The molecule has 0 aliphatic carbocycles. The molecule has 0 aliphatic rings. The number of para-hydroxylation sites is 2. The summed E-state index contributed by atoms with van der Waals surface area (Å²) in [7, 11) is 1.61. The van der Waals surface area contributed by atoms with Crippen molar-refractivity contribution in [1.29, 1.82) is 5.41 Å². The van der Waals surface area contributed by atoms with Crippen LogP contribution in [0.2, 0.25) is 0 Å². The lowest BCUT2D eigenvalue weighted by Crippen LogP contribution is -2.28. The van der Waals surface area contributed by atoms with Crippen LogP contribution in [0.15, 0.2) is 54.6 Å². The summed E-state index contributed by atoms with van der Waals surface area (Å²) in [6.45, 7) is 0. The standard InChI is InChI=1S/C18H16N4O2/c1-24-17-9-5-3-7-13(17)16-10-15(22-18(19)20-11-23)12-6-2-4-8-14(12)21-16/h2-11H,1H3,(H3,19,20,21,22,23). The largest absolute Gasteiger partial charge is 0.496 e. The molecule has 0 saturated carbocycles. The lowest BCUT2D eigenvalue weighted by atomic mass is 10.1. The molecule has 3 aromatic rings. The Labute approximate surface area is 139 Å². The van der Waals surface area contributed by atoms with Crippen molar-refractivity contribution in [1.82, 2.24) is 10.3 Å². The molecule has 1 amide bonds. The lowest BCUT2D eigenvalue weighted by Gasteiger charge is -2.13. The zero-order valence-electron chi connectivity index (χ0n) is 13.0. The molecule has 24 heavy (non-hydrogen) atoms. The van der Waals surface area contributed by atoms with E-state index in [1.165, 1.54) is 0 Å². The van der Waals surface area contributed by atoms with E-state index in [-0.39, 0.29) is 5.96 Å². The van der Waals surface area contributed by atoms with Gasteiger partial charge in [-0.05, 0) is 24.3 Å². The van der Waals surface area contributed by atoms with Crippen molar-refractivity contribution >= 4 is 29.0 Å². The molecule has 0 atom stereocenters. The van der Waals surface area contributed by atoms with Gasteiger partial charge in [0.15, 0.2) is 5.96 Å². The van der Waals surface area contributed by atoms with Crippen LogP contribution in [0.25, 0.3) is 22.2 Å². The fraction of sp³-hybridized carbons (Fsp3) is 0.0556. The summed E-state index contributed by atoms with van der Waals surface area (Å²) in [6.07, 6.45) is 0.458. The number of ether oxygens (including phenoxy) is 1. The van der Waals surface area contributed by atoms with Gasteiger partial charge in [0.2, 0.25) is 6.41 Å². The quantitative estimate of drug-likeness (QED) is 0.392. The van der Waals surface area contributed by atoms with E-state index < -0.39 is 0 Å². The maximum Gasteiger partial charge on any atom is 0.213 e. The summed E-state index contributed by atoms with van der Waals surface area (Å²) in [5, 5.41) is 13.8. The van der Waals surface area contributed by atoms with Gasteiger partial charge >= 0.3 is 0 Å². The van der Waals surface area contributed by atoms with Crippen molar-refractivity contribution in [3.8, 4) is 17.0 Å². The Hall–Kier alpha value is -3.41. The number of amides is 1. The number of rotatable bonds is 4. The molecule has 0 spiro atoms. The summed E-state index contributed by atoms with van der Waals surface area (Å²) >= 11 is 0. The predicted molar refractivity (Wildman–Crippen MR) is 94.3 cm³/mol. The van der Waals surface area contributed by atoms with E-state index in [2.05, 4.69) is 15.6 Å². The molecule has 120 valence electrons. The van der Waals surface area contributed by atoms with E-state index in [1.807, 2.05) is 54.6 Å². The van der Waals surface area contributed by atoms with Gasteiger partial charge in [-0.15, -0.1) is 0 Å². The Kier molecular flexibility index (Phi) is 4.38. The van der Waals surface area contributed by atoms with Crippen LogP contribution in [-0.4, -0.2) is 24.5 Å². The van der Waals surface area contributed by atoms with Gasteiger partial charge in [-0.3, -0.25) is 15.5 Å². The second-order valence-corrected chi connectivity index (χ2v) is 5.03. The Morgan fingerprint density at radius 3 is 2.71 bits per heavy atom. The first-order valence-electron chi connectivity index (χ1n) is 7.32. The van der Waals surface area contributed by atoms with Crippen molar-refractivity contribution in [2.75, 3.05) is 12.4 Å². The molecule has 1 heterocycles. The van der Waals surface area contributed by atoms with Gasteiger partial charge in [-0.25, -0.2) is 4.98 Å². The van der Waals surface area contributed by atoms with Crippen LogP contribution in [-0.2, 0) is 4.79 Å². The lowest BCUT2D eigenvalue weighted by molar-refractivity contribution is -0.108. The average Bonchev–Trinajstić information content (AvgIpc) is 2.61. The van der Waals surface area contributed by atoms with Crippen molar-refractivity contribution < 1.29 is 9.53 Å². The molecule has 0 saturated heterocycles.